The first-order chi connectivity index (χ1) is 32.8. The SMILES string of the molecule is c1ccc(-c2c3ccccc3c(-c3cccc4[se]c5c(-c6c7ccccc7c(-c7ccc8c9ccccc9n(-c9ccccc9)c8c7)c7ccccc67)cccc5c34)c3ccccc23)cc1. The zero-order chi connectivity index (χ0) is 43.3. The maximum absolute atomic E-state index is 2.43. The van der Waals surface area contributed by atoms with Crippen molar-refractivity contribution in [2.45, 2.75) is 0 Å². The summed E-state index contributed by atoms with van der Waals surface area (Å²) in [5.74, 6) is 0. The molecule has 12 aromatic carbocycles. The number of para-hydroxylation sites is 2. The van der Waals surface area contributed by atoms with Crippen LogP contribution in [0.3, 0.4) is 0 Å². The van der Waals surface area contributed by atoms with Crippen LogP contribution in [0.15, 0.2) is 237 Å². The van der Waals surface area contributed by atoms with E-state index >= 15 is 0 Å². The van der Waals surface area contributed by atoms with Crippen LogP contribution in [0.1, 0.15) is 0 Å². The zero-order valence-corrected chi connectivity index (χ0v) is 37.6. The third-order valence-electron chi connectivity index (χ3n) is 14.0. The van der Waals surface area contributed by atoms with Crippen molar-refractivity contribution in [3.05, 3.63) is 237 Å². The number of rotatable bonds is 5. The van der Waals surface area contributed by atoms with Crippen molar-refractivity contribution in [3.63, 3.8) is 0 Å². The van der Waals surface area contributed by atoms with Gasteiger partial charge in [-0.05, 0) is 0 Å². The fraction of sp³-hybridized carbons (Fsp3) is 0. The van der Waals surface area contributed by atoms with Gasteiger partial charge in [0.05, 0.1) is 0 Å². The van der Waals surface area contributed by atoms with Crippen LogP contribution in [-0.2, 0) is 0 Å². The molecule has 0 aliphatic heterocycles. The van der Waals surface area contributed by atoms with Gasteiger partial charge in [-0.25, -0.2) is 0 Å². The molecule has 2 heterocycles. The van der Waals surface area contributed by atoms with Gasteiger partial charge in [-0.15, -0.1) is 0 Å². The first-order valence-corrected chi connectivity index (χ1v) is 24.5. The fourth-order valence-corrected chi connectivity index (χ4v) is 13.9. The Morgan fingerprint density at radius 3 is 1.32 bits per heavy atom. The third kappa shape index (κ3) is 5.47. The second-order valence-corrected chi connectivity index (χ2v) is 19.6. The first-order valence-electron chi connectivity index (χ1n) is 22.8. The van der Waals surface area contributed by atoms with Gasteiger partial charge in [0.1, 0.15) is 0 Å². The van der Waals surface area contributed by atoms with Crippen molar-refractivity contribution in [1.29, 1.82) is 0 Å². The average molecular weight is 901 g/mol. The van der Waals surface area contributed by atoms with Crippen molar-refractivity contribution in [2.24, 2.45) is 0 Å². The molecule has 0 N–H and O–H groups in total. The Morgan fingerprint density at radius 2 is 0.712 bits per heavy atom. The van der Waals surface area contributed by atoms with E-state index in [0.29, 0.717) is 0 Å². The Bertz CT molecular complexity index is 4160. The van der Waals surface area contributed by atoms with Gasteiger partial charge in [0, 0.05) is 0 Å². The van der Waals surface area contributed by atoms with Crippen LogP contribution >= 0.6 is 0 Å². The van der Waals surface area contributed by atoms with E-state index in [4.69, 9.17) is 0 Å². The Balaban J connectivity index is 1.03. The van der Waals surface area contributed by atoms with Crippen LogP contribution in [-0.4, -0.2) is 19.1 Å². The molecule has 0 atom stereocenters. The normalized spacial score (nSPS) is 11.9. The maximum atomic E-state index is 2.43. The van der Waals surface area contributed by atoms with Gasteiger partial charge in [0.2, 0.25) is 0 Å². The zero-order valence-electron chi connectivity index (χ0n) is 35.9. The Labute approximate surface area is 387 Å². The molecule has 14 aromatic rings. The van der Waals surface area contributed by atoms with E-state index in [0.717, 1.165) is 0 Å². The molecule has 0 spiro atoms. The molecular formula is C64H39NSe. The van der Waals surface area contributed by atoms with Crippen molar-refractivity contribution in [1.82, 2.24) is 4.57 Å². The molecular weight excluding hydrogens is 862 g/mol. The molecule has 0 radical (unpaired) electrons. The van der Waals surface area contributed by atoms with Gasteiger partial charge in [0.25, 0.3) is 0 Å². The molecule has 66 heavy (non-hydrogen) atoms. The van der Waals surface area contributed by atoms with Crippen LogP contribution in [0.4, 0.5) is 0 Å². The van der Waals surface area contributed by atoms with E-state index in [1.54, 1.807) is 0 Å². The molecule has 2 aromatic heterocycles. The molecule has 0 saturated carbocycles. The third-order valence-corrected chi connectivity index (χ3v) is 16.5. The predicted octanol–water partition coefficient (Wildman–Crippen LogP) is 17.4. The molecule has 0 saturated heterocycles. The van der Waals surface area contributed by atoms with Crippen LogP contribution in [0.25, 0.3) is 134 Å². The van der Waals surface area contributed by atoms with Crippen LogP contribution < -0.4 is 0 Å². The summed E-state index contributed by atoms with van der Waals surface area (Å²) in [7, 11) is 0. The molecule has 2 heteroatoms. The standard InChI is InChI=1S/C64H39NSe/c1-3-19-40(20-4-1)59-45-24-7-11-28-49(45)61(50-29-12-8-25-46(50)59)53-32-18-36-58-63(53)55-34-17-33-54(64(55)66-58)62-51-30-13-9-26-47(51)60(48-27-10-14-31-52(48)62)41-37-38-44-43-23-15-16-35-56(43)65(57(44)39-41)42-21-5-2-6-22-42/h1-39H. The quantitative estimate of drug-likeness (QED) is 0.120. The van der Waals surface area contributed by atoms with Crippen molar-refractivity contribution >= 4 is 98.7 Å². The molecule has 0 bridgehead atoms. The van der Waals surface area contributed by atoms with Gasteiger partial charge in [0.15, 0.2) is 0 Å². The average Bonchev–Trinajstić information content (AvgIpc) is 3.94. The minimum atomic E-state index is 0.0869. The van der Waals surface area contributed by atoms with Crippen LogP contribution in [0.2, 0.25) is 0 Å². The van der Waals surface area contributed by atoms with Gasteiger partial charge in [-0.2, -0.15) is 0 Å². The van der Waals surface area contributed by atoms with E-state index < -0.39 is 0 Å². The summed E-state index contributed by atoms with van der Waals surface area (Å²) in [6, 6.07) is 88.1. The molecule has 0 aliphatic rings. The summed E-state index contributed by atoms with van der Waals surface area (Å²) in [5, 5.41) is 15.5. The Hall–Kier alpha value is -8.00. The summed E-state index contributed by atoms with van der Waals surface area (Å²) in [6.45, 7) is 0. The molecule has 0 amide bonds. The fourth-order valence-electron chi connectivity index (χ4n) is 11.3. The number of fused-ring (bicyclic) bond motifs is 10. The minimum absolute atomic E-state index is 0.0869. The van der Waals surface area contributed by atoms with Crippen molar-refractivity contribution in [2.75, 3.05) is 0 Å². The summed E-state index contributed by atoms with van der Waals surface area (Å²) in [4.78, 5) is 0. The van der Waals surface area contributed by atoms with Crippen LogP contribution in [0.5, 0.6) is 0 Å². The first kappa shape index (κ1) is 37.4. The molecule has 1 nitrogen and oxygen atoms in total. The van der Waals surface area contributed by atoms with E-state index in [1.165, 1.54) is 134 Å². The van der Waals surface area contributed by atoms with E-state index in [2.05, 4.69) is 241 Å². The van der Waals surface area contributed by atoms with E-state index in [1.807, 2.05) is 0 Å². The summed E-state index contributed by atoms with van der Waals surface area (Å²) < 4.78 is 5.33. The Kier molecular flexibility index (Phi) is 8.37. The monoisotopic (exact) mass is 901 g/mol. The second kappa shape index (κ2) is 14.8. The Morgan fingerprint density at radius 1 is 0.273 bits per heavy atom. The molecule has 0 unspecified atom stereocenters. The second-order valence-electron chi connectivity index (χ2n) is 17.4. The summed E-state index contributed by atoms with van der Waals surface area (Å²) in [5.41, 5.74) is 13.9. The van der Waals surface area contributed by atoms with E-state index in [-0.39, 0.29) is 14.5 Å². The number of aromatic nitrogens is 1. The van der Waals surface area contributed by atoms with E-state index in [9.17, 15) is 0 Å². The topological polar surface area (TPSA) is 4.93 Å². The molecule has 306 valence electrons. The summed E-state index contributed by atoms with van der Waals surface area (Å²) in [6.07, 6.45) is 0. The number of hydrogen-bond donors (Lipinski definition) is 0. The van der Waals surface area contributed by atoms with Gasteiger partial charge in [-0.3, -0.25) is 0 Å². The van der Waals surface area contributed by atoms with Gasteiger partial charge >= 0.3 is 360 Å². The van der Waals surface area contributed by atoms with Crippen molar-refractivity contribution < 1.29 is 0 Å². The summed E-state index contributed by atoms with van der Waals surface area (Å²) >= 11 is 0.0869. The number of benzene rings is 12. The van der Waals surface area contributed by atoms with Gasteiger partial charge < -0.3 is 0 Å². The molecule has 0 aliphatic carbocycles. The van der Waals surface area contributed by atoms with Gasteiger partial charge in [-0.1, -0.05) is 30.3 Å². The number of nitrogens with zero attached hydrogens (tertiary/aromatic N) is 1. The molecule has 14 rings (SSSR count). The van der Waals surface area contributed by atoms with Crippen molar-refractivity contribution in [3.8, 4) is 50.2 Å². The molecule has 0 fully saturated rings. The number of hydrogen-bond acceptors (Lipinski definition) is 0. The van der Waals surface area contributed by atoms with Crippen LogP contribution in [0, 0.1) is 0 Å². The predicted molar refractivity (Wildman–Crippen MR) is 285 cm³/mol.